The molecular formula is C18H26IN3O2S. The quantitative estimate of drug-likeness (QED) is 0.346. The normalized spacial score (nSPS) is 12.0. The Morgan fingerprint density at radius 3 is 2.48 bits per heavy atom. The molecule has 0 spiro atoms. The second kappa shape index (κ2) is 12.0. The van der Waals surface area contributed by atoms with Crippen molar-refractivity contribution < 1.29 is 9.47 Å². The van der Waals surface area contributed by atoms with Crippen LogP contribution in [0.2, 0.25) is 0 Å². The molecule has 0 amide bonds. The van der Waals surface area contributed by atoms with E-state index in [0.29, 0.717) is 13.1 Å². The summed E-state index contributed by atoms with van der Waals surface area (Å²) in [5.41, 5.74) is 0. The van der Waals surface area contributed by atoms with Gasteiger partial charge in [-0.15, -0.1) is 35.3 Å². The van der Waals surface area contributed by atoms with Gasteiger partial charge in [-0.1, -0.05) is 6.07 Å². The lowest BCUT2D eigenvalue weighted by Crippen LogP contribution is -2.41. The van der Waals surface area contributed by atoms with Crippen LogP contribution >= 0.6 is 35.3 Å². The van der Waals surface area contributed by atoms with E-state index in [0.717, 1.165) is 24.0 Å². The van der Waals surface area contributed by atoms with Crippen LogP contribution in [-0.2, 0) is 6.54 Å². The van der Waals surface area contributed by atoms with Gasteiger partial charge >= 0.3 is 0 Å². The minimum atomic E-state index is 0. The number of nitrogens with zero attached hydrogens (tertiary/aromatic N) is 1. The molecule has 0 aliphatic carbocycles. The Balaban J connectivity index is 0.00000312. The maximum atomic E-state index is 5.89. The van der Waals surface area contributed by atoms with E-state index >= 15 is 0 Å². The van der Waals surface area contributed by atoms with Crippen LogP contribution in [0.5, 0.6) is 11.5 Å². The number of thiophene rings is 1. The third-order valence-electron chi connectivity index (χ3n) is 3.27. The molecule has 1 atom stereocenters. The zero-order valence-electron chi connectivity index (χ0n) is 14.8. The molecule has 2 N–H and O–H groups in total. The maximum absolute atomic E-state index is 5.89. The Kier molecular flexibility index (Phi) is 10.3. The number of hydrogen-bond donors (Lipinski definition) is 2. The smallest absolute Gasteiger partial charge is 0.191 e. The summed E-state index contributed by atoms with van der Waals surface area (Å²) in [6, 6.07) is 11.7. The van der Waals surface area contributed by atoms with Crippen molar-refractivity contribution in [1.82, 2.24) is 10.6 Å². The van der Waals surface area contributed by atoms with Gasteiger partial charge in [-0.25, -0.2) is 4.99 Å². The van der Waals surface area contributed by atoms with Crippen molar-refractivity contribution >= 4 is 41.3 Å². The number of guanidine groups is 1. The fourth-order valence-electron chi connectivity index (χ4n) is 2.07. The van der Waals surface area contributed by atoms with Gasteiger partial charge in [0.25, 0.3) is 0 Å². The molecule has 1 aromatic heterocycles. The number of benzene rings is 1. The van der Waals surface area contributed by atoms with E-state index in [1.807, 2.05) is 37.3 Å². The van der Waals surface area contributed by atoms with Gasteiger partial charge in [-0.05, 0) is 49.6 Å². The third-order valence-corrected chi connectivity index (χ3v) is 4.13. The highest BCUT2D eigenvalue weighted by Crippen LogP contribution is 2.18. The van der Waals surface area contributed by atoms with Gasteiger partial charge in [-0.2, -0.15) is 0 Å². The molecule has 2 aromatic rings. The predicted octanol–water partition coefficient (Wildman–Crippen LogP) is 3.90. The number of nitrogens with one attached hydrogen (secondary N) is 2. The minimum absolute atomic E-state index is 0. The van der Waals surface area contributed by atoms with E-state index < -0.39 is 0 Å². The van der Waals surface area contributed by atoms with E-state index in [1.165, 1.54) is 4.88 Å². The molecule has 138 valence electrons. The second-order valence-corrected chi connectivity index (χ2v) is 6.29. The highest BCUT2D eigenvalue weighted by atomic mass is 127. The van der Waals surface area contributed by atoms with Crippen LogP contribution in [0.15, 0.2) is 46.8 Å². The first-order valence-electron chi connectivity index (χ1n) is 8.06. The SMILES string of the molecule is CCNC(=NCc1cccs1)NCC(C)Oc1ccc(OC)cc1.I. The maximum Gasteiger partial charge on any atom is 0.191 e. The topological polar surface area (TPSA) is 54.9 Å². The summed E-state index contributed by atoms with van der Waals surface area (Å²) < 4.78 is 11.0. The van der Waals surface area contributed by atoms with Gasteiger partial charge in [0.2, 0.25) is 0 Å². The highest BCUT2D eigenvalue weighted by Gasteiger charge is 2.06. The molecule has 7 heteroatoms. The molecule has 0 aliphatic heterocycles. The van der Waals surface area contributed by atoms with E-state index in [-0.39, 0.29) is 30.1 Å². The number of aliphatic imine (C=N–C) groups is 1. The summed E-state index contributed by atoms with van der Waals surface area (Å²) in [5.74, 6) is 2.45. The van der Waals surface area contributed by atoms with Crippen molar-refractivity contribution in [2.75, 3.05) is 20.2 Å². The van der Waals surface area contributed by atoms with Crippen LogP contribution in [0.4, 0.5) is 0 Å². The minimum Gasteiger partial charge on any atom is -0.497 e. The van der Waals surface area contributed by atoms with Crippen LogP contribution in [0.25, 0.3) is 0 Å². The van der Waals surface area contributed by atoms with Crippen LogP contribution in [0.1, 0.15) is 18.7 Å². The standard InChI is InChI=1S/C18H25N3O2S.HI/c1-4-19-18(21-13-17-6-5-11-24-17)20-12-14(2)23-16-9-7-15(22-3)8-10-16;/h5-11,14H,4,12-13H2,1-3H3,(H2,19,20,21);1H. The molecule has 5 nitrogen and oxygen atoms in total. The van der Waals surface area contributed by atoms with Gasteiger partial charge in [0.05, 0.1) is 20.2 Å². The summed E-state index contributed by atoms with van der Waals surface area (Å²) in [5, 5.41) is 8.64. The average Bonchev–Trinajstić information content (AvgIpc) is 3.11. The Hall–Kier alpha value is -1.48. The lowest BCUT2D eigenvalue weighted by molar-refractivity contribution is 0.223. The Morgan fingerprint density at radius 1 is 1.16 bits per heavy atom. The first-order chi connectivity index (χ1) is 11.7. The van der Waals surface area contributed by atoms with Crippen molar-refractivity contribution in [2.45, 2.75) is 26.5 Å². The second-order valence-electron chi connectivity index (χ2n) is 5.26. The molecule has 2 rings (SSSR count). The summed E-state index contributed by atoms with van der Waals surface area (Å²) >= 11 is 1.71. The number of halogens is 1. The average molecular weight is 475 g/mol. The molecule has 0 radical (unpaired) electrons. The molecule has 0 saturated carbocycles. The summed E-state index contributed by atoms with van der Waals surface area (Å²) in [6.45, 7) is 6.26. The van der Waals surface area contributed by atoms with Crippen LogP contribution in [0, 0.1) is 0 Å². The van der Waals surface area contributed by atoms with Crippen molar-refractivity contribution in [3.8, 4) is 11.5 Å². The molecule has 25 heavy (non-hydrogen) atoms. The fourth-order valence-corrected chi connectivity index (χ4v) is 2.70. The molecular weight excluding hydrogens is 449 g/mol. The van der Waals surface area contributed by atoms with Gasteiger partial charge in [0.1, 0.15) is 17.6 Å². The van der Waals surface area contributed by atoms with Crippen LogP contribution in [0.3, 0.4) is 0 Å². The monoisotopic (exact) mass is 475 g/mol. The number of rotatable bonds is 8. The molecule has 0 aliphatic rings. The largest absolute Gasteiger partial charge is 0.497 e. The van der Waals surface area contributed by atoms with Gasteiger partial charge in [-0.3, -0.25) is 0 Å². The fraction of sp³-hybridized carbons (Fsp3) is 0.389. The number of ether oxygens (including phenoxy) is 2. The molecule has 0 bridgehead atoms. The van der Waals surface area contributed by atoms with Crippen molar-refractivity contribution in [1.29, 1.82) is 0 Å². The summed E-state index contributed by atoms with van der Waals surface area (Å²) in [4.78, 5) is 5.84. The van der Waals surface area contributed by atoms with Crippen molar-refractivity contribution in [2.24, 2.45) is 4.99 Å². The van der Waals surface area contributed by atoms with Crippen LogP contribution in [-0.4, -0.2) is 32.3 Å². The highest BCUT2D eigenvalue weighted by molar-refractivity contribution is 14.0. The van der Waals surface area contributed by atoms with Gasteiger partial charge < -0.3 is 20.1 Å². The Bertz CT molecular complexity index is 618. The molecule has 0 fully saturated rings. The van der Waals surface area contributed by atoms with Gasteiger partial charge in [0.15, 0.2) is 5.96 Å². The van der Waals surface area contributed by atoms with E-state index in [4.69, 9.17) is 9.47 Å². The van der Waals surface area contributed by atoms with E-state index in [2.05, 4.69) is 34.0 Å². The lowest BCUT2D eigenvalue weighted by atomic mass is 10.3. The van der Waals surface area contributed by atoms with Gasteiger partial charge in [0, 0.05) is 11.4 Å². The van der Waals surface area contributed by atoms with Crippen LogP contribution < -0.4 is 20.1 Å². The number of methoxy groups -OCH3 is 1. The lowest BCUT2D eigenvalue weighted by Gasteiger charge is -2.17. The molecule has 0 saturated heterocycles. The summed E-state index contributed by atoms with van der Waals surface area (Å²) in [7, 11) is 1.65. The molecule has 1 unspecified atom stereocenters. The summed E-state index contributed by atoms with van der Waals surface area (Å²) in [6.07, 6.45) is 0.0176. The van der Waals surface area contributed by atoms with E-state index in [1.54, 1.807) is 18.4 Å². The Labute approximate surface area is 170 Å². The number of hydrogen-bond acceptors (Lipinski definition) is 4. The molecule has 1 heterocycles. The third kappa shape index (κ3) is 7.96. The van der Waals surface area contributed by atoms with E-state index in [9.17, 15) is 0 Å². The van der Waals surface area contributed by atoms with Crippen molar-refractivity contribution in [3.05, 3.63) is 46.7 Å². The molecule has 1 aromatic carbocycles. The first kappa shape index (κ1) is 21.6. The first-order valence-corrected chi connectivity index (χ1v) is 8.94. The predicted molar refractivity (Wildman–Crippen MR) is 116 cm³/mol. The zero-order chi connectivity index (χ0) is 17.2. The van der Waals surface area contributed by atoms with Crippen molar-refractivity contribution in [3.63, 3.8) is 0 Å². The Morgan fingerprint density at radius 2 is 1.88 bits per heavy atom. The zero-order valence-corrected chi connectivity index (χ0v) is 18.0.